The van der Waals surface area contributed by atoms with Crippen molar-refractivity contribution < 1.29 is 18.8 Å². The fourth-order valence-corrected chi connectivity index (χ4v) is 4.24. The highest BCUT2D eigenvalue weighted by Gasteiger charge is 2.35. The van der Waals surface area contributed by atoms with Gasteiger partial charge in [-0.15, -0.1) is 10.2 Å². The Labute approximate surface area is 192 Å². The summed E-state index contributed by atoms with van der Waals surface area (Å²) in [7, 11) is 0. The Morgan fingerprint density at radius 2 is 1.91 bits per heavy atom. The van der Waals surface area contributed by atoms with Crippen molar-refractivity contribution in [2.75, 3.05) is 6.26 Å². The molecule has 1 aliphatic carbocycles. The molecule has 1 aromatic heterocycles. The van der Waals surface area contributed by atoms with E-state index >= 15 is 0 Å². The molecule has 3 atom stereocenters. The molecule has 3 rings (SSSR count). The van der Waals surface area contributed by atoms with E-state index in [2.05, 4.69) is 20.8 Å². The zero-order valence-corrected chi connectivity index (χ0v) is 19.3. The molecule has 0 radical (unpaired) electrons. The van der Waals surface area contributed by atoms with Gasteiger partial charge in [-0.3, -0.25) is 14.4 Å². The van der Waals surface area contributed by atoms with Gasteiger partial charge in [-0.05, 0) is 37.7 Å². The van der Waals surface area contributed by atoms with Gasteiger partial charge >= 0.3 is 0 Å². The smallest absolute Gasteiger partial charge is 0.286 e. The van der Waals surface area contributed by atoms with Gasteiger partial charge < -0.3 is 15.1 Å². The summed E-state index contributed by atoms with van der Waals surface area (Å²) < 4.78 is 5.39. The maximum absolute atomic E-state index is 13.2. The van der Waals surface area contributed by atoms with E-state index < -0.39 is 12.0 Å². The molecular formula is C23H30N4O4S. The number of Topliss-reactive ketones (excluding diaryl/α,β-unsaturated/α-hetero) is 1. The summed E-state index contributed by atoms with van der Waals surface area (Å²) in [6.45, 7) is 2.03. The van der Waals surface area contributed by atoms with Crippen molar-refractivity contribution in [3.8, 4) is 0 Å². The highest BCUT2D eigenvalue weighted by atomic mass is 32.2. The molecule has 0 spiro atoms. The summed E-state index contributed by atoms with van der Waals surface area (Å²) in [6, 6.07) is 7.97. The molecule has 1 heterocycles. The Morgan fingerprint density at radius 1 is 1.16 bits per heavy atom. The van der Waals surface area contributed by atoms with Crippen LogP contribution in [0.2, 0.25) is 0 Å². The van der Waals surface area contributed by atoms with Gasteiger partial charge in [0.25, 0.3) is 17.0 Å². The molecule has 2 aromatic rings. The number of nitrogens with zero attached hydrogens (tertiary/aromatic N) is 2. The molecule has 0 bridgehead atoms. The van der Waals surface area contributed by atoms with Crippen LogP contribution in [0.25, 0.3) is 0 Å². The predicted octanol–water partition coefficient (Wildman–Crippen LogP) is 3.64. The number of hydrogen-bond donors (Lipinski definition) is 2. The SMILES string of the molecule is CCCC[C@H](NC(=O)[C@@H]1CCCC[C@@H]1NC(=O)c1ccccc1)C(=O)c1nnc(SC)o1. The average molecular weight is 459 g/mol. The fraction of sp³-hybridized carbons (Fsp3) is 0.522. The minimum absolute atomic E-state index is 0.0895. The molecule has 8 nitrogen and oxygen atoms in total. The highest BCUT2D eigenvalue weighted by molar-refractivity contribution is 7.98. The first-order valence-electron chi connectivity index (χ1n) is 11.1. The van der Waals surface area contributed by atoms with Crippen LogP contribution in [0.1, 0.15) is 72.9 Å². The third-order valence-corrected chi connectivity index (χ3v) is 6.24. The number of carbonyl (C=O) groups is 3. The van der Waals surface area contributed by atoms with Crippen LogP contribution in [-0.2, 0) is 4.79 Å². The van der Waals surface area contributed by atoms with E-state index in [-0.39, 0.29) is 29.5 Å². The van der Waals surface area contributed by atoms with Crippen molar-refractivity contribution in [3.05, 3.63) is 41.8 Å². The van der Waals surface area contributed by atoms with Crippen LogP contribution >= 0.6 is 11.8 Å². The number of nitrogens with one attached hydrogen (secondary N) is 2. The number of thioether (sulfide) groups is 1. The maximum atomic E-state index is 13.2. The summed E-state index contributed by atoms with van der Waals surface area (Å²) in [4.78, 5) is 38.8. The quantitative estimate of drug-likeness (QED) is 0.413. The second-order valence-electron chi connectivity index (χ2n) is 7.98. The summed E-state index contributed by atoms with van der Waals surface area (Å²) in [5.41, 5.74) is 0.564. The molecule has 0 unspecified atom stereocenters. The van der Waals surface area contributed by atoms with Crippen molar-refractivity contribution in [2.24, 2.45) is 5.92 Å². The first kappa shape index (κ1) is 24.0. The van der Waals surface area contributed by atoms with E-state index in [1.54, 1.807) is 18.4 Å². The number of aromatic nitrogens is 2. The maximum Gasteiger partial charge on any atom is 0.286 e. The van der Waals surface area contributed by atoms with Crippen LogP contribution in [0.4, 0.5) is 0 Å². The minimum atomic E-state index is -0.731. The zero-order valence-electron chi connectivity index (χ0n) is 18.5. The van der Waals surface area contributed by atoms with Gasteiger partial charge in [0.2, 0.25) is 11.7 Å². The summed E-state index contributed by atoms with van der Waals surface area (Å²) >= 11 is 1.26. The number of ketones is 1. The van der Waals surface area contributed by atoms with E-state index in [1.165, 1.54) is 11.8 Å². The summed E-state index contributed by atoms with van der Waals surface area (Å²) in [5, 5.41) is 13.9. The molecular weight excluding hydrogens is 428 g/mol. The number of carbonyl (C=O) groups excluding carboxylic acids is 3. The molecule has 1 saturated carbocycles. The Balaban J connectivity index is 1.69. The van der Waals surface area contributed by atoms with Crippen LogP contribution in [0.15, 0.2) is 40.0 Å². The van der Waals surface area contributed by atoms with Crippen molar-refractivity contribution >= 4 is 29.4 Å². The second kappa shape index (κ2) is 11.8. The van der Waals surface area contributed by atoms with Crippen LogP contribution in [0, 0.1) is 5.92 Å². The Hall–Kier alpha value is -2.68. The van der Waals surface area contributed by atoms with Gasteiger partial charge in [-0.25, -0.2) is 0 Å². The highest BCUT2D eigenvalue weighted by Crippen LogP contribution is 2.26. The van der Waals surface area contributed by atoms with Crippen molar-refractivity contribution in [3.63, 3.8) is 0 Å². The lowest BCUT2D eigenvalue weighted by Gasteiger charge is -2.32. The predicted molar refractivity (Wildman–Crippen MR) is 122 cm³/mol. The third kappa shape index (κ3) is 6.18. The van der Waals surface area contributed by atoms with Crippen molar-refractivity contribution in [1.82, 2.24) is 20.8 Å². The number of unbranched alkanes of at least 4 members (excludes halogenated alkanes) is 1. The number of benzene rings is 1. The number of hydrogen-bond acceptors (Lipinski definition) is 7. The van der Waals surface area contributed by atoms with Gasteiger partial charge in [-0.1, -0.05) is 62.6 Å². The van der Waals surface area contributed by atoms with Gasteiger partial charge in [0.15, 0.2) is 0 Å². The molecule has 1 aromatic carbocycles. The molecule has 2 N–H and O–H groups in total. The first-order valence-corrected chi connectivity index (χ1v) is 12.3. The molecule has 1 fully saturated rings. The fourth-order valence-electron chi connectivity index (χ4n) is 3.96. The molecule has 0 saturated heterocycles. The monoisotopic (exact) mass is 458 g/mol. The molecule has 9 heteroatoms. The molecule has 32 heavy (non-hydrogen) atoms. The van der Waals surface area contributed by atoms with E-state index in [0.717, 1.165) is 32.1 Å². The topological polar surface area (TPSA) is 114 Å². The Bertz CT molecular complexity index is 918. The van der Waals surface area contributed by atoms with E-state index in [9.17, 15) is 14.4 Å². The van der Waals surface area contributed by atoms with Crippen LogP contribution in [0.3, 0.4) is 0 Å². The van der Waals surface area contributed by atoms with Gasteiger partial charge in [0.05, 0.1) is 12.0 Å². The van der Waals surface area contributed by atoms with Crippen molar-refractivity contribution in [1.29, 1.82) is 0 Å². The Morgan fingerprint density at radius 3 is 2.59 bits per heavy atom. The number of rotatable bonds is 10. The van der Waals surface area contributed by atoms with Crippen LogP contribution in [0.5, 0.6) is 0 Å². The normalized spacial score (nSPS) is 19.2. The zero-order chi connectivity index (χ0) is 22.9. The van der Waals surface area contributed by atoms with E-state index in [1.807, 2.05) is 25.1 Å². The van der Waals surface area contributed by atoms with E-state index in [4.69, 9.17) is 4.42 Å². The lowest BCUT2D eigenvalue weighted by Crippen LogP contribution is -2.51. The standard InChI is InChI=1S/C23H30N4O4S/c1-3-4-13-18(19(28)22-26-27-23(31-22)32-2)25-21(30)16-12-8-9-14-17(16)24-20(29)15-10-6-5-7-11-15/h5-7,10-11,16-18H,3-4,8-9,12-14H2,1-2H3,(H,24,29)(H,25,30)/t16-,17+,18+/m1/s1. The Kier molecular flexibility index (Phi) is 8.84. The average Bonchev–Trinajstić information content (AvgIpc) is 3.31. The second-order valence-corrected chi connectivity index (χ2v) is 8.74. The van der Waals surface area contributed by atoms with Crippen LogP contribution < -0.4 is 10.6 Å². The van der Waals surface area contributed by atoms with E-state index in [0.29, 0.717) is 23.6 Å². The molecule has 2 amide bonds. The first-order chi connectivity index (χ1) is 15.5. The lowest BCUT2D eigenvalue weighted by atomic mass is 9.83. The van der Waals surface area contributed by atoms with Crippen molar-refractivity contribution in [2.45, 2.75) is 69.2 Å². The molecule has 0 aliphatic heterocycles. The minimum Gasteiger partial charge on any atom is -0.408 e. The number of amides is 2. The largest absolute Gasteiger partial charge is 0.408 e. The van der Waals surface area contributed by atoms with Gasteiger partial charge in [-0.2, -0.15) is 0 Å². The van der Waals surface area contributed by atoms with Gasteiger partial charge in [0.1, 0.15) is 0 Å². The molecule has 172 valence electrons. The van der Waals surface area contributed by atoms with Gasteiger partial charge in [0, 0.05) is 11.6 Å². The summed E-state index contributed by atoms with van der Waals surface area (Å²) in [6.07, 6.45) is 7.18. The lowest BCUT2D eigenvalue weighted by molar-refractivity contribution is -0.127. The third-order valence-electron chi connectivity index (χ3n) is 5.73. The summed E-state index contributed by atoms with van der Waals surface area (Å²) in [5.74, 6) is -1.27. The van der Waals surface area contributed by atoms with Crippen LogP contribution in [-0.4, -0.2) is 46.1 Å². The molecule has 1 aliphatic rings.